The van der Waals surface area contributed by atoms with Gasteiger partial charge in [0.05, 0.1) is 6.54 Å². The molecule has 0 amide bonds. The Hall–Kier alpha value is -1.37. The molecular formula is C11H11N. The Kier molecular flexibility index (Phi) is 1.78. The van der Waals surface area contributed by atoms with Gasteiger partial charge in [-0.1, -0.05) is 35.9 Å². The number of benzene rings is 1. The Labute approximate surface area is 72.5 Å². The number of rotatable bonds is 1. The van der Waals surface area contributed by atoms with Crippen LogP contribution in [0.15, 0.2) is 35.3 Å². The second kappa shape index (κ2) is 2.94. The fourth-order valence-electron chi connectivity index (χ4n) is 1.37. The largest absolute Gasteiger partial charge is 0.288 e. The molecule has 1 nitrogen and oxygen atoms in total. The summed E-state index contributed by atoms with van der Waals surface area (Å²) in [7, 11) is 0. The Bertz CT molecular complexity index is 348. The third-order valence-corrected chi connectivity index (χ3v) is 2.00. The van der Waals surface area contributed by atoms with Gasteiger partial charge in [0.2, 0.25) is 0 Å². The van der Waals surface area contributed by atoms with Crippen molar-refractivity contribution >= 4 is 11.8 Å². The minimum atomic E-state index is 0.837. The molecule has 0 unspecified atom stereocenters. The van der Waals surface area contributed by atoms with Crippen LogP contribution in [0.4, 0.5) is 0 Å². The van der Waals surface area contributed by atoms with Crippen molar-refractivity contribution in [3.8, 4) is 0 Å². The highest BCUT2D eigenvalue weighted by atomic mass is 14.7. The van der Waals surface area contributed by atoms with Gasteiger partial charge >= 0.3 is 0 Å². The van der Waals surface area contributed by atoms with E-state index in [1.807, 2.05) is 6.21 Å². The fraction of sp³-hybridized carbons (Fsp3) is 0.182. The smallest absolute Gasteiger partial charge is 0.0580 e. The topological polar surface area (TPSA) is 12.4 Å². The first-order chi connectivity index (χ1) is 5.86. The molecule has 0 spiro atoms. The molecule has 1 heteroatoms. The lowest BCUT2D eigenvalue weighted by Gasteiger charge is -1.99. The summed E-state index contributed by atoms with van der Waals surface area (Å²) >= 11 is 0. The molecule has 2 rings (SSSR count). The minimum Gasteiger partial charge on any atom is -0.288 e. The van der Waals surface area contributed by atoms with Crippen LogP contribution in [0, 0.1) is 6.92 Å². The van der Waals surface area contributed by atoms with Crippen molar-refractivity contribution in [1.29, 1.82) is 0 Å². The molecule has 0 N–H and O–H groups in total. The second-order valence-electron chi connectivity index (χ2n) is 3.02. The number of aliphatic imine (C=N–C) groups is 1. The summed E-state index contributed by atoms with van der Waals surface area (Å²) in [6.45, 7) is 2.94. The maximum atomic E-state index is 4.15. The Morgan fingerprint density at radius 3 is 2.92 bits per heavy atom. The SMILES string of the molecule is Cc1cccc(C2=CCN=C2)c1. The molecule has 60 valence electrons. The molecule has 0 bridgehead atoms. The molecule has 0 atom stereocenters. The summed E-state index contributed by atoms with van der Waals surface area (Å²) in [5.41, 5.74) is 3.82. The van der Waals surface area contributed by atoms with Crippen LogP contribution >= 0.6 is 0 Å². The van der Waals surface area contributed by atoms with Gasteiger partial charge in [-0.05, 0) is 18.1 Å². The first kappa shape index (κ1) is 7.29. The van der Waals surface area contributed by atoms with Crippen molar-refractivity contribution in [2.75, 3.05) is 6.54 Å². The monoisotopic (exact) mass is 157 g/mol. The van der Waals surface area contributed by atoms with Crippen LogP contribution in [0.2, 0.25) is 0 Å². The van der Waals surface area contributed by atoms with Gasteiger partial charge in [0.15, 0.2) is 0 Å². The molecule has 0 aliphatic carbocycles. The van der Waals surface area contributed by atoms with Crippen LogP contribution in [0.25, 0.3) is 5.57 Å². The van der Waals surface area contributed by atoms with Crippen LogP contribution in [0.5, 0.6) is 0 Å². The highest BCUT2D eigenvalue weighted by Crippen LogP contribution is 2.16. The van der Waals surface area contributed by atoms with Gasteiger partial charge in [-0.2, -0.15) is 0 Å². The zero-order valence-corrected chi connectivity index (χ0v) is 7.12. The van der Waals surface area contributed by atoms with Gasteiger partial charge in [0.1, 0.15) is 0 Å². The summed E-state index contributed by atoms with van der Waals surface area (Å²) in [5.74, 6) is 0. The molecule has 1 aliphatic rings. The molecule has 0 fully saturated rings. The lowest BCUT2D eigenvalue weighted by Crippen LogP contribution is -1.83. The van der Waals surface area contributed by atoms with Gasteiger partial charge in [0.25, 0.3) is 0 Å². The number of nitrogens with zero attached hydrogens (tertiary/aromatic N) is 1. The van der Waals surface area contributed by atoms with Gasteiger partial charge in [-0.25, -0.2) is 0 Å². The second-order valence-corrected chi connectivity index (χ2v) is 3.02. The Morgan fingerprint density at radius 1 is 1.33 bits per heavy atom. The van der Waals surface area contributed by atoms with Crippen molar-refractivity contribution in [3.63, 3.8) is 0 Å². The average Bonchev–Trinajstić information content (AvgIpc) is 2.56. The summed E-state index contributed by atoms with van der Waals surface area (Å²) < 4.78 is 0. The van der Waals surface area contributed by atoms with E-state index in [1.54, 1.807) is 0 Å². The molecular weight excluding hydrogens is 146 g/mol. The Balaban J connectivity index is 2.40. The van der Waals surface area contributed by atoms with Crippen LogP contribution < -0.4 is 0 Å². The third kappa shape index (κ3) is 1.30. The lowest BCUT2D eigenvalue weighted by molar-refractivity contribution is 1.29. The number of allylic oxidation sites excluding steroid dienone is 1. The predicted octanol–water partition coefficient (Wildman–Crippen LogP) is 2.46. The van der Waals surface area contributed by atoms with Crippen LogP contribution in [-0.4, -0.2) is 12.8 Å². The van der Waals surface area contributed by atoms with Crippen molar-refractivity contribution < 1.29 is 0 Å². The zero-order chi connectivity index (χ0) is 8.39. The van der Waals surface area contributed by atoms with E-state index in [4.69, 9.17) is 0 Å². The Morgan fingerprint density at radius 2 is 2.25 bits per heavy atom. The van der Waals surface area contributed by atoms with Crippen LogP contribution in [-0.2, 0) is 0 Å². The zero-order valence-electron chi connectivity index (χ0n) is 7.12. The third-order valence-electron chi connectivity index (χ3n) is 2.00. The maximum absolute atomic E-state index is 4.15. The first-order valence-corrected chi connectivity index (χ1v) is 4.13. The van der Waals surface area contributed by atoms with Crippen molar-refractivity contribution in [2.45, 2.75) is 6.92 Å². The van der Waals surface area contributed by atoms with Gasteiger partial charge in [-0.3, -0.25) is 4.99 Å². The normalized spacial score (nSPS) is 14.9. The van der Waals surface area contributed by atoms with E-state index in [0.717, 1.165) is 6.54 Å². The fourth-order valence-corrected chi connectivity index (χ4v) is 1.37. The minimum absolute atomic E-state index is 0.837. The first-order valence-electron chi connectivity index (χ1n) is 4.13. The summed E-state index contributed by atoms with van der Waals surface area (Å²) in [4.78, 5) is 4.15. The van der Waals surface area contributed by atoms with Crippen LogP contribution in [0.1, 0.15) is 11.1 Å². The number of hydrogen-bond acceptors (Lipinski definition) is 1. The van der Waals surface area contributed by atoms with Crippen molar-refractivity contribution in [3.05, 3.63) is 41.5 Å². The maximum Gasteiger partial charge on any atom is 0.0580 e. The van der Waals surface area contributed by atoms with E-state index in [9.17, 15) is 0 Å². The van der Waals surface area contributed by atoms with E-state index in [2.05, 4.69) is 42.3 Å². The highest BCUT2D eigenvalue weighted by molar-refractivity contribution is 6.11. The van der Waals surface area contributed by atoms with E-state index >= 15 is 0 Å². The summed E-state index contributed by atoms with van der Waals surface area (Å²) in [6.07, 6.45) is 4.09. The summed E-state index contributed by atoms with van der Waals surface area (Å²) in [6, 6.07) is 8.49. The lowest BCUT2D eigenvalue weighted by atomic mass is 10.1. The van der Waals surface area contributed by atoms with Gasteiger partial charge in [-0.15, -0.1) is 0 Å². The van der Waals surface area contributed by atoms with Gasteiger partial charge < -0.3 is 0 Å². The van der Waals surface area contributed by atoms with Crippen molar-refractivity contribution in [2.24, 2.45) is 4.99 Å². The van der Waals surface area contributed by atoms with E-state index < -0.39 is 0 Å². The molecule has 0 saturated carbocycles. The van der Waals surface area contributed by atoms with Crippen LogP contribution in [0.3, 0.4) is 0 Å². The molecule has 1 aromatic carbocycles. The standard InChI is InChI=1S/C11H11N/c1-9-3-2-4-10(7-9)11-5-6-12-8-11/h2-5,7-8H,6H2,1H3. The molecule has 0 aromatic heterocycles. The number of aryl methyl sites for hydroxylation is 1. The average molecular weight is 157 g/mol. The quantitative estimate of drug-likeness (QED) is 0.593. The van der Waals surface area contributed by atoms with E-state index in [0.29, 0.717) is 0 Å². The molecule has 0 radical (unpaired) electrons. The summed E-state index contributed by atoms with van der Waals surface area (Å²) in [5, 5.41) is 0. The van der Waals surface area contributed by atoms with Crippen molar-refractivity contribution in [1.82, 2.24) is 0 Å². The molecule has 1 aromatic rings. The predicted molar refractivity (Wildman–Crippen MR) is 52.5 cm³/mol. The van der Waals surface area contributed by atoms with E-state index in [1.165, 1.54) is 16.7 Å². The molecule has 1 heterocycles. The highest BCUT2D eigenvalue weighted by Gasteiger charge is 2.01. The molecule has 1 aliphatic heterocycles. The number of hydrogen-bond donors (Lipinski definition) is 0. The van der Waals surface area contributed by atoms with E-state index in [-0.39, 0.29) is 0 Å². The van der Waals surface area contributed by atoms with Gasteiger partial charge in [0, 0.05) is 6.21 Å². The molecule has 0 saturated heterocycles. The molecule has 12 heavy (non-hydrogen) atoms.